The number of aromatic hydroxyl groups is 1. The van der Waals surface area contributed by atoms with Gasteiger partial charge in [-0.3, -0.25) is 15.0 Å². The van der Waals surface area contributed by atoms with Gasteiger partial charge >= 0.3 is 0 Å². The normalized spacial score (nSPS) is 17.9. The number of carbonyl (C=O) groups is 2. The molecule has 20 heavy (non-hydrogen) atoms. The molecular weight excluding hydrogens is 260 g/mol. The molecule has 0 radical (unpaired) electrons. The lowest BCUT2D eigenvalue weighted by Crippen LogP contribution is -2.27. The number of hydrazine groups is 1. The van der Waals surface area contributed by atoms with Crippen LogP contribution in [0.15, 0.2) is 41.6 Å². The second kappa shape index (κ2) is 5.87. The molecule has 1 aliphatic rings. The van der Waals surface area contributed by atoms with Gasteiger partial charge in [-0.05, 0) is 12.1 Å². The van der Waals surface area contributed by atoms with E-state index in [1.807, 2.05) is 0 Å². The average Bonchev–Trinajstić information content (AvgIpc) is 2.73. The van der Waals surface area contributed by atoms with Crippen LogP contribution in [0.3, 0.4) is 0 Å². The van der Waals surface area contributed by atoms with E-state index in [-0.39, 0.29) is 18.1 Å². The number of hydrazone groups is 1. The minimum atomic E-state index is -0.602. The van der Waals surface area contributed by atoms with Gasteiger partial charge in [0.2, 0.25) is 11.8 Å². The zero-order valence-electron chi connectivity index (χ0n) is 10.6. The largest absolute Gasteiger partial charge is 0.507 e. The van der Waals surface area contributed by atoms with Crippen LogP contribution in [0.4, 0.5) is 0 Å². The van der Waals surface area contributed by atoms with Gasteiger partial charge in [-0.15, -0.1) is 0 Å². The van der Waals surface area contributed by atoms with Crippen molar-refractivity contribution in [3.05, 3.63) is 42.1 Å². The van der Waals surface area contributed by atoms with Crippen LogP contribution in [-0.2, 0) is 9.59 Å². The highest BCUT2D eigenvalue weighted by Crippen LogP contribution is 2.15. The second-order valence-electron chi connectivity index (χ2n) is 4.25. The van der Waals surface area contributed by atoms with E-state index in [1.165, 1.54) is 12.3 Å². The molecule has 1 atom stereocenters. The van der Waals surface area contributed by atoms with E-state index in [0.717, 1.165) is 0 Å². The number of hydrogen-bond donors (Lipinski definition) is 4. The lowest BCUT2D eigenvalue weighted by atomic mass is 10.0. The van der Waals surface area contributed by atoms with Crippen molar-refractivity contribution in [2.24, 2.45) is 11.0 Å². The van der Waals surface area contributed by atoms with Crippen LogP contribution in [-0.4, -0.2) is 23.1 Å². The molecule has 1 heterocycles. The molecule has 2 amide bonds. The van der Waals surface area contributed by atoms with E-state index in [9.17, 15) is 14.7 Å². The Balaban J connectivity index is 1.88. The monoisotopic (exact) mass is 274 g/mol. The molecule has 0 aromatic heterocycles. The van der Waals surface area contributed by atoms with Gasteiger partial charge in [0.1, 0.15) is 5.75 Å². The zero-order chi connectivity index (χ0) is 14.5. The Morgan fingerprint density at radius 2 is 2.20 bits per heavy atom. The maximum absolute atomic E-state index is 11.6. The summed E-state index contributed by atoms with van der Waals surface area (Å²) in [5, 5.41) is 13.2. The molecule has 1 aromatic carbocycles. The fourth-order valence-corrected chi connectivity index (χ4v) is 1.69. The minimum Gasteiger partial charge on any atom is -0.507 e. The number of benzene rings is 1. The summed E-state index contributed by atoms with van der Waals surface area (Å²) in [7, 11) is 0. The lowest BCUT2D eigenvalue weighted by molar-refractivity contribution is -0.127. The third-order valence-corrected chi connectivity index (χ3v) is 2.80. The molecule has 104 valence electrons. The highest BCUT2D eigenvalue weighted by Gasteiger charge is 2.29. The number of nitrogens with zero attached hydrogens (tertiary/aromatic N) is 1. The molecule has 1 unspecified atom stereocenters. The first-order chi connectivity index (χ1) is 9.58. The molecular formula is C13H14N4O3. The number of hydrogen-bond acceptors (Lipinski definition) is 5. The van der Waals surface area contributed by atoms with Crippen molar-refractivity contribution in [3.8, 4) is 5.75 Å². The first kappa shape index (κ1) is 13.6. The van der Waals surface area contributed by atoms with Gasteiger partial charge in [0.05, 0.1) is 12.1 Å². The van der Waals surface area contributed by atoms with Gasteiger partial charge in [0, 0.05) is 17.7 Å². The van der Waals surface area contributed by atoms with Gasteiger partial charge < -0.3 is 10.5 Å². The molecule has 1 aliphatic heterocycles. The number of phenols is 1. The number of amides is 2. The summed E-state index contributed by atoms with van der Waals surface area (Å²) in [6.07, 6.45) is 1.28. The van der Waals surface area contributed by atoms with E-state index in [1.54, 1.807) is 18.2 Å². The Bertz CT molecular complexity index is 567. The molecule has 7 nitrogen and oxygen atoms in total. The van der Waals surface area contributed by atoms with Crippen LogP contribution in [0.5, 0.6) is 5.75 Å². The van der Waals surface area contributed by atoms with Crippen molar-refractivity contribution >= 4 is 18.0 Å². The molecule has 0 saturated carbocycles. The van der Waals surface area contributed by atoms with Crippen molar-refractivity contribution in [3.63, 3.8) is 0 Å². The molecule has 0 spiro atoms. The van der Waals surface area contributed by atoms with Gasteiger partial charge in [-0.2, -0.15) is 5.10 Å². The number of para-hydroxylation sites is 1. The van der Waals surface area contributed by atoms with Crippen molar-refractivity contribution in [1.29, 1.82) is 0 Å². The van der Waals surface area contributed by atoms with Crippen molar-refractivity contribution in [2.45, 2.75) is 6.42 Å². The fourth-order valence-electron chi connectivity index (χ4n) is 1.69. The molecule has 1 aromatic rings. The summed E-state index contributed by atoms with van der Waals surface area (Å²) in [6, 6.07) is 6.59. The lowest BCUT2D eigenvalue weighted by Gasteiger charge is -2.05. The molecule has 0 aliphatic carbocycles. The second-order valence-corrected chi connectivity index (χ2v) is 4.25. The molecule has 1 fully saturated rings. The fraction of sp³-hybridized carbons (Fsp3) is 0.154. The van der Waals surface area contributed by atoms with Crippen LogP contribution in [0.1, 0.15) is 12.0 Å². The third kappa shape index (κ3) is 3.14. The van der Waals surface area contributed by atoms with Gasteiger partial charge in [0.15, 0.2) is 0 Å². The Hall–Kier alpha value is -2.83. The van der Waals surface area contributed by atoms with Crippen LogP contribution >= 0.6 is 0 Å². The quantitative estimate of drug-likeness (QED) is 0.458. The molecule has 1 saturated heterocycles. The Labute approximate surface area is 115 Å². The van der Waals surface area contributed by atoms with Gasteiger partial charge in [-0.1, -0.05) is 18.7 Å². The zero-order valence-corrected chi connectivity index (χ0v) is 10.6. The van der Waals surface area contributed by atoms with Crippen LogP contribution in [0.25, 0.3) is 0 Å². The standard InChI is InChI=1S/C13H14N4O3/c1-8-10(13(20)17-15-8)6-12(19)16-14-7-9-4-2-3-5-11(9)18/h2-5,7,10,15,18H,1,6H2,(H,16,19)(H,17,20). The van der Waals surface area contributed by atoms with Crippen LogP contribution in [0.2, 0.25) is 0 Å². The molecule has 7 heteroatoms. The van der Waals surface area contributed by atoms with Crippen LogP contribution < -0.4 is 16.3 Å². The SMILES string of the molecule is C=C1NNC(=O)C1CC(=O)NN=Cc1ccccc1O. The van der Waals surface area contributed by atoms with Crippen LogP contribution in [0, 0.1) is 5.92 Å². The number of rotatable bonds is 4. The Kier molecular flexibility index (Phi) is 3.99. The molecule has 0 bridgehead atoms. The van der Waals surface area contributed by atoms with Gasteiger partial charge in [0.25, 0.3) is 0 Å². The Morgan fingerprint density at radius 3 is 2.85 bits per heavy atom. The number of phenolic OH excluding ortho intramolecular Hbond substituents is 1. The summed E-state index contributed by atoms with van der Waals surface area (Å²) in [6.45, 7) is 3.63. The van der Waals surface area contributed by atoms with E-state index in [0.29, 0.717) is 11.3 Å². The van der Waals surface area contributed by atoms with E-state index in [2.05, 4.69) is 28.0 Å². The van der Waals surface area contributed by atoms with Crippen molar-refractivity contribution < 1.29 is 14.7 Å². The summed E-state index contributed by atoms with van der Waals surface area (Å²) in [5.41, 5.74) is 8.18. The number of carbonyl (C=O) groups excluding carboxylic acids is 2. The number of nitrogens with one attached hydrogen (secondary N) is 3. The summed E-state index contributed by atoms with van der Waals surface area (Å²) < 4.78 is 0. The predicted octanol–water partition coefficient (Wildman–Crippen LogP) is -0.00330. The Morgan fingerprint density at radius 1 is 1.45 bits per heavy atom. The molecule has 2 rings (SSSR count). The summed E-state index contributed by atoms with van der Waals surface area (Å²) >= 11 is 0. The smallest absolute Gasteiger partial charge is 0.247 e. The summed E-state index contributed by atoms with van der Waals surface area (Å²) in [5.74, 6) is -1.25. The van der Waals surface area contributed by atoms with Crippen molar-refractivity contribution in [2.75, 3.05) is 0 Å². The maximum Gasteiger partial charge on any atom is 0.247 e. The predicted molar refractivity (Wildman–Crippen MR) is 72.4 cm³/mol. The highest BCUT2D eigenvalue weighted by molar-refractivity contribution is 5.90. The van der Waals surface area contributed by atoms with Crippen molar-refractivity contribution in [1.82, 2.24) is 16.3 Å². The minimum absolute atomic E-state index is 0.0459. The van der Waals surface area contributed by atoms with E-state index >= 15 is 0 Å². The van der Waals surface area contributed by atoms with E-state index in [4.69, 9.17) is 0 Å². The summed E-state index contributed by atoms with van der Waals surface area (Å²) in [4.78, 5) is 23.0. The first-order valence-electron chi connectivity index (χ1n) is 5.92. The van der Waals surface area contributed by atoms with E-state index < -0.39 is 11.8 Å². The van der Waals surface area contributed by atoms with Gasteiger partial charge in [-0.25, -0.2) is 5.43 Å². The topological polar surface area (TPSA) is 103 Å². The highest BCUT2D eigenvalue weighted by atomic mass is 16.3. The average molecular weight is 274 g/mol. The molecule has 4 N–H and O–H groups in total. The first-order valence-corrected chi connectivity index (χ1v) is 5.92. The maximum atomic E-state index is 11.6. The third-order valence-electron chi connectivity index (χ3n) is 2.80.